The van der Waals surface area contributed by atoms with E-state index in [4.69, 9.17) is 16.3 Å². The zero-order valence-corrected chi connectivity index (χ0v) is 16.8. The number of halogens is 1. The summed E-state index contributed by atoms with van der Waals surface area (Å²) in [5, 5.41) is 16.6. The van der Waals surface area contributed by atoms with Crippen LogP contribution in [-0.4, -0.2) is 36.5 Å². The highest BCUT2D eigenvalue weighted by Gasteiger charge is 2.24. The molecule has 3 aromatic rings. The first-order chi connectivity index (χ1) is 13.1. The predicted molar refractivity (Wildman–Crippen MR) is 106 cm³/mol. The second-order valence-corrected chi connectivity index (χ2v) is 8.38. The van der Waals surface area contributed by atoms with Gasteiger partial charge >= 0.3 is 0 Å². The summed E-state index contributed by atoms with van der Waals surface area (Å²) in [5.74, 6) is 0.526. The van der Waals surface area contributed by atoms with E-state index in [2.05, 4.69) is 9.82 Å². The number of nitro benzene ring substituents is 1. The normalized spacial score (nSPS) is 11.7. The number of aryl methyl sites for hydroxylation is 1. The molecule has 1 heterocycles. The minimum Gasteiger partial charge on any atom is -0.497 e. The average Bonchev–Trinajstić information content (AvgIpc) is 2.97. The van der Waals surface area contributed by atoms with Gasteiger partial charge < -0.3 is 4.74 Å². The molecule has 11 heteroatoms. The highest BCUT2D eigenvalue weighted by atomic mass is 35.5. The number of non-ortho nitro benzene ring substituents is 1. The van der Waals surface area contributed by atoms with Crippen LogP contribution in [0.3, 0.4) is 0 Å². The van der Waals surface area contributed by atoms with E-state index in [-0.39, 0.29) is 17.7 Å². The van der Waals surface area contributed by atoms with Gasteiger partial charge in [0, 0.05) is 25.2 Å². The second-order valence-electron chi connectivity index (χ2n) is 6.14. The Balaban J connectivity index is 2.30. The topological polar surface area (TPSA) is 116 Å². The lowest BCUT2D eigenvalue weighted by atomic mass is 10.0. The summed E-state index contributed by atoms with van der Waals surface area (Å²) in [4.78, 5) is 10.9. The largest absolute Gasteiger partial charge is 0.497 e. The third-order valence-corrected chi connectivity index (χ3v) is 5.19. The van der Waals surface area contributed by atoms with E-state index in [1.807, 2.05) is 0 Å². The van der Waals surface area contributed by atoms with Crippen molar-refractivity contribution >= 4 is 38.2 Å². The number of aromatic nitrogens is 2. The van der Waals surface area contributed by atoms with Gasteiger partial charge in [0.05, 0.1) is 28.7 Å². The molecular formula is C17H17ClN4O5S. The average molecular weight is 425 g/mol. The van der Waals surface area contributed by atoms with Crippen molar-refractivity contribution in [2.75, 3.05) is 13.4 Å². The zero-order valence-electron chi connectivity index (χ0n) is 15.3. The molecule has 148 valence electrons. The highest BCUT2D eigenvalue weighted by Crippen LogP contribution is 2.39. The maximum Gasteiger partial charge on any atom is 0.295 e. The first-order valence-corrected chi connectivity index (χ1v) is 10.3. The molecule has 28 heavy (non-hydrogen) atoms. The number of nitro groups is 1. The number of fused-ring (bicyclic) bond motifs is 1. The Kier molecular flexibility index (Phi) is 5.28. The summed E-state index contributed by atoms with van der Waals surface area (Å²) in [7, 11) is -0.334. The summed E-state index contributed by atoms with van der Waals surface area (Å²) in [6, 6.07) is 7.86. The van der Waals surface area contributed by atoms with Gasteiger partial charge in [0.15, 0.2) is 0 Å². The first kappa shape index (κ1) is 20.1. The Morgan fingerprint density at radius 3 is 2.64 bits per heavy atom. The molecule has 0 aliphatic rings. The first-order valence-electron chi connectivity index (χ1n) is 8.04. The third-order valence-electron chi connectivity index (χ3n) is 4.21. The van der Waals surface area contributed by atoms with Crippen molar-refractivity contribution < 1.29 is 18.1 Å². The number of ether oxygens (including phenoxy) is 1. The van der Waals surface area contributed by atoms with E-state index in [1.165, 1.54) is 23.9 Å². The molecule has 0 unspecified atom stereocenters. The smallest absolute Gasteiger partial charge is 0.295 e. The lowest BCUT2D eigenvalue weighted by Crippen LogP contribution is -2.21. The molecule has 0 radical (unpaired) electrons. The van der Waals surface area contributed by atoms with E-state index < -0.39 is 14.9 Å². The highest BCUT2D eigenvalue weighted by molar-refractivity contribution is 7.88. The molecule has 1 N–H and O–H groups in total. The molecule has 0 aliphatic carbocycles. The van der Waals surface area contributed by atoms with E-state index in [0.717, 1.165) is 6.26 Å². The number of sulfonamides is 1. The van der Waals surface area contributed by atoms with Crippen LogP contribution in [0.25, 0.3) is 22.2 Å². The fourth-order valence-electron chi connectivity index (χ4n) is 2.96. The predicted octanol–water partition coefficient (Wildman–Crippen LogP) is 2.86. The van der Waals surface area contributed by atoms with Gasteiger partial charge in [-0.3, -0.25) is 14.8 Å². The van der Waals surface area contributed by atoms with E-state index in [1.54, 1.807) is 25.2 Å². The molecule has 0 aliphatic heterocycles. The van der Waals surface area contributed by atoms with Gasteiger partial charge in [-0.25, -0.2) is 13.1 Å². The fourth-order valence-corrected chi connectivity index (χ4v) is 3.62. The SMILES string of the molecule is COc1ccc(CNS(C)(=O)=O)c(-c2nn(C)c3c([N+](=O)[O-])ccc(Cl)c23)c1. The van der Waals surface area contributed by atoms with Gasteiger partial charge in [0.25, 0.3) is 5.69 Å². The van der Waals surface area contributed by atoms with Crippen molar-refractivity contribution in [1.82, 2.24) is 14.5 Å². The monoisotopic (exact) mass is 424 g/mol. The summed E-state index contributed by atoms with van der Waals surface area (Å²) in [5.41, 5.74) is 1.73. The standard InChI is InChI=1S/C17H17ClN4O5S/c1-21-17-14(22(23)24)7-6-13(18)15(17)16(20-21)12-8-11(27-2)5-4-10(12)9-19-28(3,25)26/h4-8,19H,9H2,1-3H3. The number of nitrogens with zero attached hydrogens (tertiary/aromatic N) is 3. The van der Waals surface area contributed by atoms with Crippen LogP contribution in [0.2, 0.25) is 5.02 Å². The lowest BCUT2D eigenvalue weighted by Gasteiger charge is -2.11. The van der Waals surface area contributed by atoms with Crippen molar-refractivity contribution in [3.8, 4) is 17.0 Å². The molecular weight excluding hydrogens is 408 g/mol. The lowest BCUT2D eigenvalue weighted by molar-refractivity contribution is -0.383. The molecule has 2 aromatic carbocycles. The molecule has 0 bridgehead atoms. The quantitative estimate of drug-likeness (QED) is 0.480. The van der Waals surface area contributed by atoms with Crippen LogP contribution >= 0.6 is 11.6 Å². The van der Waals surface area contributed by atoms with E-state index in [9.17, 15) is 18.5 Å². The second kappa shape index (κ2) is 7.38. The molecule has 0 saturated carbocycles. The maximum absolute atomic E-state index is 11.5. The van der Waals surface area contributed by atoms with Crippen LogP contribution in [0.1, 0.15) is 5.56 Å². The number of rotatable bonds is 6. The van der Waals surface area contributed by atoms with Crippen LogP contribution in [0.15, 0.2) is 30.3 Å². The maximum atomic E-state index is 11.5. The van der Waals surface area contributed by atoms with Crippen molar-refractivity contribution in [2.24, 2.45) is 7.05 Å². The molecule has 9 nitrogen and oxygen atoms in total. The molecule has 0 saturated heterocycles. The summed E-state index contributed by atoms with van der Waals surface area (Å²) >= 11 is 6.36. The molecule has 0 amide bonds. The van der Waals surface area contributed by atoms with Gasteiger partial charge in [-0.1, -0.05) is 17.7 Å². The van der Waals surface area contributed by atoms with Crippen molar-refractivity contribution in [3.63, 3.8) is 0 Å². The Morgan fingerprint density at radius 1 is 1.32 bits per heavy atom. The Morgan fingerprint density at radius 2 is 2.04 bits per heavy atom. The van der Waals surface area contributed by atoms with E-state index in [0.29, 0.717) is 33.0 Å². The Labute approximate surface area is 166 Å². The molecule has 1 aromatic heterocycles. The van der Waals surface area contributed by atoms with Crippen LogP contribution in [0, 0.1) is 10.1 Å². The van der Waals surface area contributed by atoms with Crippen LogP contribution in [0.4, 0.5) is 5.69 Å². The van der Waals surface area contributed by atoms with Gasteiger partial charge in [0.1, 0.15) is 17.0 Å². The fraction of sp³-hybridized carbons (Fsp3) is 0.235. The number of benzene rings is 2. The minimum absolute atomic E-state index is 0.0166. The van der Waals surface area contributed by atoms with Crippen LogP contribution in [-0.2, 0) is 23.6 Å². The number of hydrogen-bond acceptors (Lipinski definition) is 6. The summed E-state index contributed by atoms with van der Waals surface area (Å²) in [6.07, 6.45) is 1.06. The Hall–Kier alpha value is -2.69. The third kappa shape index (κ3) is 3.79. The zero-order chi connectivity index (χ0) is 20.6. The molecule has 0 atom stereocenters. The van der Waals surface area contributed by atoms with Crippen molar-refractivity contribution in [1.29, 1.82) is 0 Å². The van der Waals surface area contributed by atoms with Crippen molar-refractivity contribution in [2.45, 2.75) is 6.54 Å². The molecule has 0 fully saturated rings. The van der Waals surface area contributed by atoms with Gasteiger partial charge in [-0.05, 0) is 23.8 Å². The molecule has 3 rings (SSSR count). The van der Waals surface area contributed by atoms with Gasteiger partial charge in [-0.2, -0.15) is 5.10 Å². The number of nitrogens with one attached hydrogen (secondary N) is 1. The van der Waals surface area contributed by atoms with Crippen LogP contribution in [0.5, 0.6) is 5.75 Å². The van der Waals surface area contributed by atoms with Crippen LogP contribution < -0.4 is 9.46 Å². The number of hydrogen-bond donors (Lipinski definition) is 1. The minimum atomic E-state index is -3.42. The summed E-state index contributed by atoms with van der Waals surface area (Å²) in [6.45, 7) is 0.0166. The van der Waals surface area contributed by atoms with Gasteiger partial charge in [0.2, 0.25) is 10.0 Å². The van der Waals surface area contributed by atoms with Crippen molar-refractivity contribution in [3.05, 3.63) is 51.0 Å². The van der Waals surface area contributed by atoms with Gasteiger partial charge in [-0.15, -0.1) is 0 Å². The Bertz CT molecular complexity index is 1190. The molecule has 0 spiro atoms. The van der Waals surface area contributed by atoms with E-state index >= 15 is 0 Å². The number of methoxy groups -OCH3 is 1. The summed E-state index contributed by atoms with van der Waals surface area (Å²) < 4.78 is 32.1.